The molecule has 3 aromatic rings. The average Bonchev–Trinajstić information content (AvgIpc) is 2.83. The summed E-state index contributed by atoms with van der Waals surface area (Å²) in [7, 11) is 0. The van der Waals surface area contributed by atoms with Crippen LogP contribution in [0.1, 0.15) is 5.56 Å². The van der Waals surface area contributed by atoms with Crippen molar-refractivity contribution < 1.29 is 4.52 Å². The largest absolute Gasteiger partial charge is 0.367 e. The van der Waals surface area contributed by atoms with Crippen LogP contribution in [0, 0.1) is 6.92 Å². The lowest BCUT2D eigenvalue weighted by atomic mass is 9.99. The Labute approximate surface area is 132 Å². The van der Waals surface area contributed by atoms with Crippen molar-refractivity contribution in [3.63, 3.8) is 0 Å². The van der Waals surface area contributed by atoms with E-state index in [9.17, 15) is 0 Å². The van der Waals surface area contributed by atoms with Crippen LogP contribution in [0.15, 0.2) is 47.0 Å². The molecule has 0 radical (unpaired) electrons. The standard InChI is InChI=1S/C16H12Cl2N2O/c1-9-3-2-4-10(7-9)14-15(20-21-16(14)19)12-8-11(17)5-6-13(12)18/h2-8H,19H2,1H3. The minimum Gasteiger partial charge on any atom is -0.367 e. The number of aromatic nitrogens is 1. The fraction of sp³-hybridized carbons (Fsp3) is 0.0625. The topological polar surface area (TPSA) is 52.0 Å². The Kier molecular flexibility index (Phi) is 3.62. The number of hydrogen-bond donors (Lipinski definition) is 1. The molecule has 0 unspecified atom stereocenters. The van der Waals surface area contributed by atoms with E-state index in [1.54, 1.807) is 18.2 Å². The van der Waals surface area contributed by atoms with E-state index in [0.717, 1.165) is 16.7 Å². The summed E-state index contributed by atoms with van der Waals surface area (Å²) in [5.74, 6) is 0.256. The minimum absolute atomic E-state index is 0.256. The molecule has 1 aromatic heterocycles. The van der Waals surface area contributed by atoms with Crippen LogP contribution in [0.2, 0.25) is 10.0 Å². The van der Waals surface area contributed by atoms with Crippen molar-refractivity contribution in [3.05, 3.63) is 58.1 Å². The molecule has 0 bridgehead atoms. The second-order valence-electron chi connectivity index (χ2n) is 4.76. The highest BCUT2D eigenvalue weighted by atomic mass is 35.5. The molecule has 0 fully saturated rings. The van der Waals surface area contributed by atoms with Gasteiger partial charge in [0, 0.05) is 10.6 Å². The van der Waals surface area contributed by atoms with Crippen LogP contribution in [0.5, 0.6) is 0 Å². The van der Waals surface area contributed by atoms with Gasteiger partial charge in [0.1, 0.15) is 5.69 Å². The monoisotopic (exact) mass is 318 g/mol. The van der Waals surface area contributed by atoms with E-state index in [0.29, 0.717) is 21.3 Å². The molecule has 0 aliphatic heterocycles. The predicted molar refractivity (Wildman–Crippen MR) is 86.5 cm³/mol. The number of benzene rings is 2. The first-order valence-electron chi connectivity index (χ1n) is 6.34. The van der Waals surface area contributed by atoms with E-state index in [2.05, 4.69) is 5.16 Å². The molecule has 0 spiro atoms. The Morgan fingerprint density at radius 2 is 1.90 bits per heavy atom. The molecule has 3 nitrogen and oxygen atoms in total. The fourth-order valence-corrected chi connectivity index (χ4v) is 2.62. The van der Waals surface area contributed by atoms with Crippen molar-refractivity contribution in [2.24, 2.45) is 0 Å². The third kappa shape index (κ3) is 2.62. The van der Waals surface area contributed by atoms with Crippen LogP contribution in [0.3, 0.4) is 0 Å². The quantitative estimate of drug-likeness (QED) is 0.706. The van der Waals surface area contributed by atoms with Gasteiger partial charge in [-0.3, -0.25) is 0 Å². The van der Waals surface area contributed by atoms with E-state index < -0.39 is 0 Å². The molecular weight excluding hydrogens is 307 g/mol. The van der Waals surface area contributed by atoms with E-state index in [4.69, 9.17) is 33.5 Å². The van der Waals surface area contributed by atoms with Gasteiger partial charge in [-0.25, -0.2) is 0 Å². The van der Waals surface area contributed by atoms with Gasteiger partial charge in [-0.05, 0) is 30.7 Å². The van der Waals surface area contributed by atoms with Crippen LogP contribution in [0.25, 0.3) is 22.4 Å². The molecular formula is C16H12Cl2N2O. The lowest BCUT2D eigenvalue weighted by Crippen LogP contribution is -1.89. The number of anilines is 1. The highest BCUT2D eigenvalue weighted by Crippen LogP contribution is 2.40. The zero-order valence-electron chi connectivity index (χ0n) is 11.2. The molecule has 21 heavy (non-hydrogen) atoms. The maximum Gasteiger partial charge on any atom is 0.230 e. The molecule has 0 atom stereocenters. The number of nitrogens with zero attached hydrogens (tertiary/aromatic N) is 1. The SMILES string of the molecule is Cc1cccc(-c2c(-c3cc(Cl)ccc3Cl)noc2N)c1. The molecule has 0 aliphatic rings. The van der Waals surface area contributed by atoms with Gasteiger partial charge >= 0.3 is 0 Å². The number of rotatable bonds is 2. The second-order valence-corrected chi connectivity index (χ2v) is 5.61. The van der Waals surface area contributed by atoms with Crippen LogP contribution in [-0.4, -0.2) is 5.16 Å². The summed E-state index contributed by atoms with van der Waals surface area (Å²) in [5.41, 5.74) is 10.0. The molecule has 0 saturated carbocycles. The highest BCUT2D eigenvalue weighted by molar-refractivity contribution is 6.35. The zero-order chi connectivity index (χ0) is 15.0. The van der Waals surface area contributed by atoms with Crippen molar-refractivity contribution in [2.75, 3.05) is 5.73 Å². The number of nitrogen functional groups attached to an aromatic ring is 1. The fourth-order valence-electron chi connectivity index (χ4n) is 2.25. The number of halogens is 2. The van der Waals surface area contributed by atoms with Crippen LogP contribution >= 0.6 is 23.2 Å². The minimum atomic E-state index is 0.256. The molecule has 2 aromatic carbocycles. The molecule has 5 heteroatoms. The molecule has 106 valence electrons. The van der Waals surface area contributed by atoms with Crippen molar-refractivity contribution in [3.8, 4) is 22.4 Å². The van der Waals surface area contributed by atoms with E-state index in [1.165, 1.54) is 0 Å². The number of hydrogen-bond acceptors (Lipinski definition) is 3. The average molecular weight is 319 g/mol. The number of aryl methyl sites for hydroxylation is 1. The predicted octanol–water partition coefficient (Wildman–Crippen LogP) is 5.21. The summed E-state index contributed by atoms with van der Waals surface area (Å²) in [4.78, 5) is 0. The van der Waals surface area contributed by atoms with Gasteiger partial charge in [0.05, 0.1) is 10.6 Å². The summed E-state index contributed by atoms with van der Waals surface area (Å²) in [5, 5.41) is 5.17. The first-order chi connectivity index (χ1) is 10.1. The molecule has 0 saturated heterocycles. The molecule has 0 aliphatic carbocycles. The van der Waals surface area contributed by atoms with Gasteiger partial charge in [0.2, 0.25) is 5.88 Å². The maximum absolute atomic E-state index is 6.25. The Morgan fingerprint density at radius 1 is 1.10 bits per heavy atom. The van der Waals surface area contributed by atoms with Gasteiger partial charge in [0.15, 0.2) is 0 Å². The second kappa shape index (κ2) is 5.43. The Morgan fingerprint density at radius 3 is 2.67 bits per heavy atom. The Hall–Kier alpha value is -1.97. The first kappa shape index (κ1) is 14.0. The van der Waals surface area contributed by atoms with E-state index in [-0.39, 0.29) is 5.88 Å². The van der Waals surface area contributed by atoms with Crippen LogP contribution < -0.4 is 5.73 Å². The summed E-state index contributed by atoms with van der Waals surface area (Å²) in [6.07, 6.45) is 0. The normalized spacial score (nSPS) is 10.8. The van der Waals surface area contributed by atoms with Crippen LogP contribution in [-0.2, 0) is 0 Å². The highest BCUT2D eigenvalue weighted by Gasteiger charge is 2.19. The van der Waals surface area contributed by atoms with Gasteiger partial charge in [-0.2, -0.15) is 0 Å². The van der Waals surface area contributed by atoms with Crippen molar-refractivity contribution in [1.29, 1.82) is 0 Å². The summed E-state index contributed by atoms with van der Waals surface area (Å²) in [6.45, 7) is 2.01. The zero-order valence-corrected chi connectivity index (χ0v) is 12.7. The lowest BCUT2D eigenvalue weighted by Gasteiger charge is -2.06. The van der Waals surface area contributed by atoms with E-state index >= 15 is 0 Å². The van der Waals surface area contributed by atoms with Gasteiger partial charge in [-0.1, -0.05) is 58.2 Å². The van der Waals surface area contributed by atoms with Crippen molar-refractivity contribution in [1.82, 2.24) is 5.16 Å². The summed E-state index contributed by atoms with van der Waals surface area (Å²) in [6, 6.07) is 13.1. The van der Waals surface area contributed by atoms with E-state index in [1.807, 2.05) is 31.2 Å². The van der Waals surface area contributed by atoms with Gasteiger partial charge in [-0.15, -0.1) is 0 Å². The third-order valence-corrected chi connectivity index (χ3v) is 3.77. The van der Waals surface area contributed by atoms with Crippen molar-refractivity contribution in [2.45, 2.75) is 6.92 Å². The molecule has 0 amide bonds. The van der Waals surface area contributed by atoms with Crippen molar-refractivity contribution >= 4 is 29.1 Å². The third-order valence-electron chi connectivity index (χ3n) is 3.21. The van der Waals surface area contributed by atoms with Crippen LogP contribution in [0.4, 0.5) is 5.88 Å². The summed E-state index contributed by atoms with van der Waals surface area (Å²) < 4.78 is 5.17. The Bertz CT molecular complexity index is 812. The smallest absolute Gasteiger partial charge is 0.230 e. The maximum atomic E-state index is 6.25. The van der Waals surface area contributed by atoms with Gasteiger partial charge < -0.3 is 10.3 Å². The molecule has 2 N–H and O–H groups in total. The summed E-state index contributed by atoms with van der Waals surface area (Å²) >= 11 is 12.3. The Balaban J connectivity index is 2.24. The number of nitrogens with two attached hydrogens (primary N) is 1. The molecule has 1 heterocycles. The molecule has 3 rings (SSSR count). The lowest BCUT2D eigenvalue weighted by molar-refractivity contribution is 0.439. The van der Waals surface area contributed by atoms with Gasteiger partial charge in [0.25, 0.3) is 0 Å². The first-order valence-corrected chi connectivity index (χ1v) is 7.09.